The van der Waals surface area contributed by atoms with Crippen LogP contribution in [-0.4, -0.2) is 41.7 Å². The largest absolute Gasteiger partial charge is 0.497 e. The first-order chi connectivity index (χ1) is 15.4. The minimum atomic E-state index is -0.576. The molecule has 32 heavy (non-hydrogen) atoms. The fraction of sp³-hybridized carbons (Fsp3) is 0.440. The van der Waals surface area contributed by atoms with Crippen LogP contribution in [0.3, 0.4) is 0 Å². The molecule has 0 saturated heterocycles. The van der Waals surface area contributed by atoms with E-state index in [2.05, 4.69) is 5.32 Å². The Morgan fingerprint density at radius 2 is 1.78 bits per heavy atom. The molecule has 0 bridgehead atoms. The minimum absolute atomic E-state index is 0.0323. The lowest BCUT2D eigenvalue weighted by Crippen LogP contribution is -2.51. The summed E-state index contributed by atoms with van der Waals surface area (Å²) in [5.74, 6) is 0.717. The topological polar surface area (TPSA) is 58.6 Å². The fourth-order valence-corrected chi connectivity index (χ4v) is 4.13. The molecule has 0 aliphatic carbocycles. The lowest BCUT2D eigenvalue weighted by molar-refractivity contribution is -0.139. The second-order valence-electron chi connectivity index (χ2n) is 7.70. The maximum Gasteiger partial charge on any atom is 0.243 e. The van der Waals surface area contributed by atoms with Crippen LogP contribution < -0.4 is 10.1 Å². The number of benzene rings is 2. The number of rotatable bonds is 12. The number of carbonyl (C=O) groups excluding carboxylic acids is 2. The van der Waals surface area contributed by atoms with Crippen LogP contribution in [0.1, 0.15) is 44.7 Å². The van der Waals surface area contributed by atoms with E-state index in [4.69, 9.17) is 4.74 Å². The van der Waals surface area contributed by atoms with Gasteiger partial charge in [0.1, 0.15) is 17.6 Å². The number of nitrogens with zero attached hydrogens (tertiary/aromatic N) is 1. The highest BCUT2D eigenvalue weighted by Crippen LogP contribution is 2.20. The van der Waals surface area contributed by atoms with Crippen molar-refractivity contribution in [3.63, 3.8) is 0 Å². The van der Waals surface area contributed by atoms with Crippen molar-refractivity contribution in [1.29, 1.82) is 0 Å². The molecule has 2 aromatic carbocycles. The number of halogens is 1. The van der Waals surface area contributed by atoms with E-state index in [9.17, 15) is 14.0 Å². The van der Waals surface area contributed by atoms with Gasteiger partial charge >= 0.3 is 0 Å². The molecule has 0 aromatic heterocycles. The van der Waals surface area contributed by atoms with Crippen molar-refractivity contribution in [3.8, 4) is 5.75 Å². The molecule has 1 N–H and O–H groups in total. The van der Waals surface area contributed by atoms with Crippen LogP contribution in [0.4, 0.5) is 4.39 Å². The Bertz CT molecular complexity index is 876. The lowest BCUT2D eigenvalue weighted by atomic mass is 10.1. The van der Waals surface area contributed by atoms with Crippen molar-refractivity contribution in [1.82, 2.24) is 10.2 Å². The van der Waals surface area contributed by atoms with Gasteiger partial charge in [-0.2, -0.15) is 0 Å². The van der Waals surface area contributed by atoms with Crippen molar-refractivity contribution in [3.05, 3.63) is 65.5 Å². The number of ether oxygens (including phenoxy) is 1. The maximum atomic E-state index is 13.9. The second kappa shape index (κ2) is 13.1. The van der Waals surface area contributed by atoms with E-state index < -0.39 is 6.04 Å². The fourth-order valence-electron chi connectivity index (χ4n) is 3.23. The van der Waals surface area contributed by atoms with Gasteiger partial charge < -0.3 is 15.0 Å². The molecule has 2 aromatic rings. The van der Waals surface area contributed by atoms with Crippen LogP contribution >= 0.6 is 11.8 Å². The molecular weight excluding hydrogens is 427 g/mol. The molecule has 7 heteroatoms. The smallest absolute Gasteiger partial charge is 0.243 e. The van der Waals surface area contributed by atoms with Crippen molar-refractivity contribution >= 4 is 23.6 Å². The molecule has 2 rings (SSSR count). The molecule has 174 valence electrons. The van der Waals surface area contributed by atoms with Gasteiger partial charge in [-0.1, -0.05) is 44.2 Å². The van der Waals surface area contributed by atoms with Gasteiger partial charge in [0.25, 0.3) is 0 Å². The zero-order valence-corrected chi connectivity index (χ0v) is 20.1. The third-order valence-electron chi connectivity index (χ3n) is 5.34. The Morgan fingerprint density at radius 3 is 2.38 bits per heavy atom. The highest BCUT2D eigenvalue weighted by Gasteiger charge is 2.29. The van der Waals surface area contributed by atoms with Crippen molar-refractivity contribution in [2.24, 2.45) is 0 Å². The van der Waals surface area contributed by atoms with E-state index in [0.717, 1.165) is 17.7 Å². The third-order valence-corrected chi connectivity index (χ3v) is 6.31. The SMILES string of the molecule is CC[C@@H](C)NC(=O)[C@H](CC)N(Cc1ccc(OC)cc1)C(=O)CSCc1ccccc1F. The quantitative estimate of drug-likeness (QED) is 0.495. The van der Waals surface area contributed by atoms with Gasteiger partial charge in [-0.15, -0.1) is 11.8 Å². The second-order valence-corrected chi connectivity index (χ2v) is 8.68. The molecule has 0 unspecified atom stereocenters. The molecule has 0 fully saturated rings. The molecule has 0 radical (unpaired) electrons. The summed E-state index contributed by atoms with van der Waals surface area (Å²) in [6, 6.07) is 13.5. The molecule has 0 aliphatic rings. The number of hydrogen-bond donors (Lipinski definition) is 1. The normalized spacial score (nSPS) is 12.7. The average Bonchev–Trinajstić information content (AvgIpc) is 2.80. The number of amides is 2. The molecule has 2 amide bonds. The van der Waals surface area contributed by atoms with Gasteiger partial charge in [0.05, 0.1) is 12.9 Å². The molecule has 0 heterocycles. The summed E-state index contributed by atoms with van der Waals surface area (Å²) in [5, 5.41) is 3.00. The Hall–Kier alpha value is -2.54. The summed E-state index contributed by atoms with van der Waals surface area (Å²) in [6.07, 6.45) is 1.31. The lowest BCUT2D eigenvalue weighted by Gasteiger charge is -2.31. The summed E-state index contributed by atoms with van der Waals surface area (Å²) in [6.45, 7) is 6.17. The monoisotopic (exact) mass is 460 g/mol. The van der Waals surface area contributed by atoms with Gasteiger partial charge in [0.2, 0.25) is 11.8 Å². The van der Waals surface area contributed by atoms with Crippen LogP contribution in [0.15, 0.2) is 48.5 Å². The predicted molar refractivity (Wildman–Crippen MR) is 128 cm³/mol. The van der Waals surface area contributed by atoms with Gasteiger partial charge in [-0.05, 0) is 49.1 Å². The molecule has 0 saturated carbocycles. The Labute approximate surface area is 194 Å². The van der Waals surface area contributed by atoms with Crippen LogP contribution in [-0.2, 0) is 21.9 Å². The number of methoxy groups -OCH3 is 1. The van der Waals surface area contributed by atoms with Crippen molar-refractivity contribution < 1.29 is 18.7 Å². The van der Waals surface area contributed by atoms with E-state index in [-0.39, 0.29) is 29.4 Å². The average molecular weight is 461 g/mol. The number of hydrogen-bond acceptors (Lipinski definition) is 4. The standard InChI is InChI=1S/C25H33FN2O3S/c1-5-18(3)27-25(30)23(6-2)28(15-19-11-13-21(31-4)14-12-19)24(29)17-32-16-20-9-7-8-10-22(20)26/h7-14,18,23H,5-6,15-17H2,1-4H3,(H,27,30)/t18-,23+/m1/s1. The Kier molecular flexibility index (Phi) is 10.5. The van der Waals surface area contributed by atoms with Gasteiger partial charge in [0, 0.05) is 18.3 Å². The number of nitrogens with one attached hydrogen (secondary N) is 1. The van der Waals surface area contributed by atoms with Crippen molar-refractivity contribution in [2.45, 2.75) is 58.0 Å². The maximum absolute atomic E-state index is 13.9. The first kappa shape index (κ1) is 25.7. The molecule has 0 spiro atoms. The van der Waals surface area contributed by atoms with E-state index in [1.807, 2.05) is 45.0 Å². The zero-order chi connectivity index (χ0) is 23.5. The summed E-state index contributed by atoms with van der Waals surface area (Å²) in [4.78, 5) is 27.8. The molecule has 0 aliphatic heterocycles. The summed E-state index contributed by atoms with van der Waals surface area (Å²) in [7, 11) is 1.60. The van der Waals surface area contributed by atoms with E-state index in [1.54, 1.807) is 30.2 Å². The summed E-state index contributed by atoms with van der Waals surface area (Å²) in [5.41, 5.74) is 1.47. The van der Waals surface area contributed by atoms with Crippen LogP contribution in [0.5, 0.6) is 5.75 Å². The first-order valence-electron chi connectivity index (χ1n) is 10.9. The van der Waals surface area contributed by atoms with E-state index in [1.165, 1.54) is 17.8 Å². The zero-order valence-electron chi connectivity index (χ0n) is 19.3. The Balaban J connectivity index is 2.15. The van der Waals surface area contributed by atoms with Crippen LogP contribution in [0, 0.1) is 5.82 Å². The minimum Gasteiger partial charge on any atom is -0.497 e. The highest BCUT2D eigenvalue weighted by atomic mass is 32.2. The Morgan fingerprint density at radius 1 is 1.09 bits per heavy atom. The van der Waals surface area contributed by atoms with Crippen LogP contribution in [0.2, 0.25) is 0 Å². The molecule has 2 atom stereocenters. The van der Waals surface area contributed by atoms with Gasteiger partial charge in [0.15, 0.2) is 0 Å². The highest BCUT2D eigenvalue weighted by molar-refractivity contribution is 7.99. The van der Waals surface area contributed by atoms with E-state index >= 15 is 0 Å². The third kappa shape index (κ3) is 7.55. The number of thioether (sulfide) groups is 1. The summed E-state index contributed by atoms with van der Waals surface area (Å²) < 4.78 is 19.1. The number of carbonyl (C=O) groups is 2. The molecular formula is C25H33FN2O3S. The van der Waals surface area contributed by atoms with Gasteiger partial charge in [-0.25, -0.2) is 4.39 Å². The van der Waals surface area contributed by atoms with Crippen molar-refractivity contribution in [2.75, 3.05) is 12.9 Å². The van der Waals surface area contributed by atoms with E-state index in [0.29, 0.717) is 24.3 Å². The molecule has 5 nitrogen and oxygen atoms in total. The van der Waals surface area contributed by atoms with Gasteiger partial charge in [-0.3, -0.25) is 9.59 Å². The summed E-state index contributed by atoms with van der Waals surface area (Å²) >= 11 is 1.35. The predicted octanol–water partition coefficient (Wildman–Crippen LogP) is 4.79. The first-order valence-corrected chi connectivity index (χ1v) is 12.1. The van der Waals surface area contributed by atoms with Crippen LogP contribution in [0.25, 0.3) is 0 Å².